The molecule has 0 spiro atoms. The van der Waals surface area contributed by atoms with Crippen molar-refractivity contribution in [2.45, 2.75) is 19.9 Å². The summed E-state index contributed by atoms with van der Waals surface area (Å²) in [5.74, 6) is 0. The van der Waals surface area contributed by atoms with E-state index in [1.165, 1.54) is 5.52 Å². The van der Waals surface area contributed by atoms with Crippen LogP contribution in [-0.4, -0.2) is 54.9 Å². The van der Waals surface area contributed by atoms with Gasteiger partial charge in [0.15, 0.2) is 0 Å². The van der Waals surface area contributed by atoms with Gasteiger partial charge < -0.3 is 19.9 Å². The lowest BCUT2D eigenvalue weighted by molar-refractivity contribution is 0.0365. The summed E-state index contributed by atoms with van der Waals surface area (Å²) in [6.07, 6.45) is 3.05. The monoisotopic (exact) mass is 330 g/mol. The van der Waals surface area contributed by atoms with Gasteiger partial charge >= 0.3 is 6.03 Å². The second-order valence-electron chi connectivity index (χ2n) is 6.12. The third-order valence-electron chi connectivity index (χ3n) is 4.33. The van der Waals surface area contributed by atoms with Crippen LogP contribution in [0, 0.1) is 0 Å². The lowest BCUT2D eigenvalue weighted by Crippen LogP contribution is -2.38. The van der Waals surface area contributed by atoms with Gasteiger partial charge in [0.1, 0.15) is 0 Å². The van der Waals surface area contributed by atoms with E-state index < -0.39 is 0 Å². The molecule has 0 saturated carbocycles. The van der Waals surface area contributed by atoms with Crippen molar-refractivity contribution in [3.05, 3.63) is 30.5 Å². The van der Waals surface area contributed by atoms with Gasteiger partial charge in [-0.25, -0.2) is 4.79 Å². The highest BCUT2D eigenvalue weighted by Gasteiger charge is 2.11. The molecule has 0 radical (unpaired) electrons. The number of benzene rings is 1. The third-order valence-corrected chi connectivity index (χ3v) is 4.33. The Morgan fingerprint density at radius 3 is 2.83 bits per heavy atom. The minimum absolute atomic E-state index is 0.150. The molecule has 6 heteroatoms. The summed E-state index contributed by atoms with van der Waals surface area (Å²) < 4.78 is 7.66. The van der Waals surface area contributed by atoms with Gasteiger partial charge in [-0.05, 0) is 30.7 Å². The Hall–Kier alpha value is -2.05. The maximum Gasteiger partial charge on any atom is 0.319 e. The molecular formula is C18H26N4O2. The van der Waals surface area contributed by atoms with Crippen LogP contribution in [0.25, 0.3) is 10.9 Å². The van der Waals surface area contributed by atoms with E-state index in [1.807, 2.05) is 19.1 Å². The number of morpholine rings is 1. The van der Waals surface area contributed by atoms with E-state index in [0.29, 0.717) is 6.54 Å². The number of rotatable bonds is 6. The molecule has 2 aromatic rings. The molecule has 1 saturated heterocycles. The fourth-order valence-corrected chi connectivity index (χ4v) is 2.96. The molecule has 1 aromatic heterocycles. The first-order valence-corrected chi connectivity index (χ1v) is 8.70. The average Bonchev–Trinajstić information content (AvgIpc) is 3.01. The van der Waals surface area contributed by atoms with Gasteiger partial charge in [0.25, 0.3) is 0 Å². The largest absolute Gasteiger partial charge is 0.379 e. The number of anilines is 1. The molecular weight excluding hydrogens is 304 g/mol. The molecule has 2 amide bonds. The average molecular weight is 330 g/mol. The van der Waals surface area contributed by atoms with Crippen molar-refractivity contribution in [1.82, 2.24) is 14.8 Å². The molecule has 0 aliphatic carbocycles. The summed E-state index contributed by atoms with van der Waals surface area (Å²) in [7, 11) is 0. The van der Waals surface area contributed by atoms with Gasteiger partial charge in [0, 0.05) is 55.5 Å². The van der Waals surface area contributed by atoms with Gasteiger partial charge in [-0.15, -0.1) is 0 Å². The number of urea groups is 1. The summed E-state index contributed by atoms with van der Waals surface area (Å²) in [5, 5.41) is 6.84. The van der Waals surface area contributed by atoms with Gasteiger partial charge in [0.05, 0.1) is 13.2 Å². The first-order valence-electron chi connectivity index (χ1n) is 8.70. The van der Waals surface area contributed by atoms with Gasteiger partial charge in [-0.1, -0.05) is 6.92 Å². The molecule has 0 atom stereocenters. The van der Waals surface area contributed by atoms with Crippen LogP contribution in [0.4, 0.5) is 10.5 Å². The van der Waals surface area contributed by atoms with E-state index in [1.54, 1.807) is 0 Å². The predicted molar refractivity (Wildman–Crippen MR) is 96.5 cm³/mol. The Bertz CT molecular complexity index is 677. The normalized spacial score (nSPS) is 15.5. The Labute approximate surface area is 142 Å². The summed E-state index contributed by atoms with van der Waals surface area (Å²) in [4.78, 5) is 14.2. The summed E-state index contributed by atoms with van der Waals surface area (Å²) in [6, 6.07) is 8.00. The standard InChI is InChI=1S/C18H26N4O2/c1-2-6-19-18(23)20-16-3-4-17-15(14-16)5-7-22(17)9-8-21-10-12-24-13-11-21/h3-5,7,14H,2,6,8-13H2,1H3,(H2,19,20,23). The van der Waals surface area contributed by atoms with Crippen molar-refractivity contribution in [1.29, 1.82) is 0 Å². The second kappa shape index (κ2) is 8.17. The number of hydrogen-bond donors (Lipinski definition) is 2. The molecule has 1 fully saturated rings. The number of fused-ring (bicyclic) bond motifs is 1. The minimum Gasteiger partial charge on any atom is -0.379 e. The summed E-state index contributed by atoms with van der Waals surface area (Å²) in [6.45, 7) is 8.42. The molecule has 24 heavy (non-hydrogen) atoms. The van der Waals surface area contributed by atoms with Crippen LogP contribution in [-0.2, 0) is 11.3 Å². The lowest BCUT2D eigenvalue weighted by Gasteiger charge is -2.26. The number of aromatic nitrogens is 1. The van der Waals surface area contributed by atoms with Crippen LogP contribution in [0.2, 0.25) is 0 Å². The number of ether oxygens (including phenoxy) is 1. The molecule has 130 valence electrons. The molecule has 2 N–H and O–H groups in total. The van der Waals surface area contributed by atoms with Crippen molar-refractivity contribution < 1.29 is 9.53 Å². The number of amides is 2. The number of nitrogens with zero attached hydrogens (tertiary/aromatic N) is 2. The summed E-state index contributed by atoms with van der Waals surface area (Å²) >= 11 is 0. The van der Waals surface area contributed by atoms with Crippen molar-refractivity contribution in [2.24, 2.45) is 0 Å². The van der Waals surface area contributed by atoms with Crippen LogP contribution >= 0.6 is 0 Å². The van der Waals surface area contributed by atoms with E-state index in [-0.39, 0.29) is 6.03 Å². The maximum atomic E-state index is 11.7. The highest BCUT2D eigenvalue weighted by Crippen LogP contribution is 2.20. The topological polar surface area (TPSA) is 58.5 Å². The fourth-order valence-electron chi connectivity index (χ4n) is 2.96. The summed E-state index contributed by atoms with van der Waals surface area (Å²) in [5.41, 5.74) is 2.02. The molecule has 2 heterocycles. The van der Waals surface area contributed by atoms with E-state index in [2.05, 4.69) is 38.4 Å². The van der Waals surface area contributed by atoms with Gasteiger partial charge in [0.2, 0.25) is 0 Å². The molecule has 1 aromatic carbocycles. The second-order valence-corrected chi connectivity index (χ2v) is 6.12. The lowest BCUT2D eigenvalue weighted by atomic mass is 10.2. The highest BCUT2D eigenvalue weighted by molar-refractivity contribution is 5.92. The van der Waals surface area contributed by atoms with E-state index in [4.69, 9.17) is 4.74 Å². The van der Waals surface area contributed by atoms with Crippen molar-refractivity contribution >= 4 is 22.6 Å². The molecule has 0 bridgehead atoms. The Kier molecular flexibility index (Phi) is 5.72. The molecule has 6 nitrogen and oxygen atoms in total. The first-order chi connectivity index (χ1) is 11.8. The molecule has 1 aliphatic heterocycles. The van der Waals surface area contributed by atoms with Crippen LogP contribution < -0.4 is 10.6 Å². The number of carbonyl (C=O) groups excluding carboxylic acids is 1. The maximum absolute atomic E-state index is 11.7. The van der Waals surface area contributed by atoms with Crippen molar-refractivity contribution in [2.75, 3.05) is 44.7 Å². The number of nitrogens with one attached hydrogen (secondary N) is 2. The van der Waals surface area contributed by atoms with Crippen molar-refractivity contribution in [3.63, 3.8) is 0 Å². The van der Waals surface area contributed by atoms with Crippen molar-refractivity contribution in [3.8, 4) is 0 Å². The Morgan fingerprint density at radius 1 is 1.21 bits per heavy atom. The highest BCUT2D eigenvalue weighted by atomic mass is 16.5. The third kappa shape index (κ3) is 4.27. The zero-order valence-electron chi connectivity index (χ0n) is 14.3. The fraction of sp³-hybridized carbons (Fsp3) is 0.500. The SMILES string of the molecule is CCCNC(=O)Nc1ccc2c(ccn2CCN2CCOCC2)c1. The minimum atomic E-state index is -0.150. The first kappa shape index (κ1) is 16.8. The van der Waals surface area contributed by atoms with Crippen LogP contribution in [0.15, 0.2) is 30.5 Å². The van der Waals surface area contributed by atoms with Crippen LogP contribution in [0.5, 0.6) is 0 Å². The molecule has 0 unspecified atom stereocenters. The number of hydrogen-bond acceptors (Lipinski definition) is 3. The number of carbonyl (C=O) groups is 1. The Balaban J connectivity index is 1.61. The van der Waals surface area contributed by atoms with Crippen LogP contribution in [0.1, 0.15) is 13.3 Å². The van der Waals surface area contributed by atoms with E-state index in [0.717, 1.165) is 56.9 Å². The van der Waals surface area contributed by atoms with Gasteiger partial charge in [-0.3, -0.25) is 4.90 Å². The zero-order valence-corrected chi connectivity index (χ0v) is 14.3. The zero-order chi connectivity index (χ0) is 16.8. The van der Waals surface area contributed by atoms with E-state index >= 15 is 0 Å². The molecule has 1 aliphatic rings. The quantitative estimate of drug-likeness (QED) is 0.855. The smallest absolute Gasteiger partial charge is 0.319 e. The van der Waals surface area contributed by atoms with Crippen LogP contribution in [0.3, 0.4) is 0 Å². The predicted octanol–water partition coefficient (Wildman–Crippen LogP) is 2.51. The Morgan fingerprint density at radius 2 is 2.04 bits per heavy atom. The van der Waals surface area contributed by atoms with Gasteiger partial charge in [-0.2, -0.15) is 0 Å². The van der Waals surface area contributed by atoms with E-state index in [9.17, 15) is 4.79 Å². The molecule has 3 rings (SSSR count).